The second-order valence-corrected chi connectivity index (χ2v) is 20.1. The average Bonchev–Trinajstić information content (AvgIpc) is 3.30. The fraction of sp³-hybridized carbons (Fsp3) is 0.467. The van der Waals surface area contributed by atoms with Gasteiger partial charge in [-0.25, -0.2) is 16.8 Å². The first-order valence-electron chi connectivity index (χ1n) is 20.2. The second-order valence-electron chi connectivity index (χ2n) is 16.1. The number of hydrogen-bond donors (Lipinski definition) is 4. The van der Waals surface area contributed by atoms with Crippen molar-refractivity contribution >= 4 is 31.0 Å². The number of anilines is 2. The lowest BCUT2D eigenvalue weighted by atomic mass is 9.69. The fourth-order valence-corrected chi connectivity index (χ4v) is 13.7. The van der Waals surface area contributed by atoms with Gasteiger partial charge >= 0.3 is 0 Å². The van der Waals surface area contributed by atoms with Crippen LogP contribution in [0.3, 0.4) is 0 Å². The molecule has 0 bridgehead atoms. The topological polar surface area (TPSA) is 179 Å². The number of aliphatic hydroxyl groups is 2. The predicted octanol–water partition coefficient (Wildman–Crippen LogP) is 8.00. The molecule has 308 valence electrons. The van der Waals surface area contributed by atoms with Gasteiger partial charge in [0.05, 0.1) is 33.5 Å². The van der Waals surface area contributed by atoms with Crippen molar-refractivity contribution in [3.63, 3.8) is 0 Å². The molecule has 2 heterocycles. The van der Waals surface area contributed by atoms with Crippen LogP contribution in [0.2, 0.25) is 0 Å². The van der Waals surface area contributed by atoms with Crippen molar-refractivity contribution in [2.75, 3.05) is 29.8 Å². The third-order valence-corrected chi connectivity index (χ3v) is 16.6. The van der Waals surface area contributed by atoms with Crippen LogP contribution in [0.5, 0.6) is 11.5 Å². The van der Waals surface area contributed by atoms with E-state index in [4.69, 9.17) is 20.9 Å². The first-order valence-corrected chi connectivity index (χ1v) is 23.5. The number of nitrogens with two attached hydrogens (primary N) is 2. The maximum absolute atomic E-state index is 13.8. The molecule has 0 unspecified atom stereocenters. The van der Waals surface area contributed by atoms with Crippen molar-refractivity contribution in [3.05, 3.63) is 107 Å². The third kappa shape index (κ3) is 8.42. The summed E-state index contributed by atoms with van der Waals surface area (Å²) < 4.78 is 67.2. The number of hydrogen-bond acceptors (Lipinski definition) is 10. The van der Waals surface area contributed by atoms with E-state index in [1.807, 2.05) is 38.1 Å². The van der Waals surface area contributed by atoms with Crippen LogP contribution in [0.15, 0.2) is 94.7 Å². The fourth-order valence-electron chi connectivity index (χ4n) is 9.22. The molecule has 2 aliphatic heterocycles. The van der Waals surface area contributed by atoms with Crippen LogP contribution in [-0.4, -0.2) is 57.6 Å². The summed E-state index contributed by atoms with van der Waals surface area (Å²) in [6.45, 7) is 7.91. The monoisotopic (exact) mass is 818 g/mol. The number of ether oxygens (including phenoxy) is 2. The number of benzene rings is 4. The largest absolute Gasteiger partial charge is 0.458 e. The van der Waals surface area contributed by atoms with Gasteiger partial charge in [-0.15, -0.1) is 0 Å². The standard InChI is InChI=1S/C45H58N2O8S2/c1-5-9-23-44(7-3)27-56(50,51)38-21-15-32(46)25-36(38)40(42(44)48)30-11-17-34(18-12-30)54-29-55-35-19-13-31(14-20-35)41-37-26-33(47)16-22-39(37)57(52,53)28-45(8-4,43(41)49)24-10-6-2/h11-22,25-26,40-43,48-49H,5-10,23-24,27-29,46-47H2,1-4H3/t40-,41+,42-,43+,44+,45-. The van der Waals surface area contributed by atoms with Gasteiger partial charge in [-0.3, -0.25) is 0 Å². The lowest BCUT2D eigenvalue weighted by molar-refractivity contribution is 0.0173. The van der Waals surface area contributed by atoms with E-state index in [-0.39, 0.29) is 28.1 Å². The molecule has 0 saturated carbocycles. The normalized spacial score (nSPS) is 26.4. The third-order valence-electron chi connectivity index (χ3n) is 12.6. The molecular formula is C45H58N2O8S2. The highest BCUT2D eigenvalue weighted by Gasteiger charge is 2.50. The van der Waals surface area contributed by atoms with Crippen LogP contribution >= 0.6 is 0 Å². The van der Waals surface area contributed by atoms with Gasteiger partial charge in [0.25, 0.3) is 0 Å². The lowest BCUT2D eigenvalue weighted by Gasteiger charge is -2.39. The average molecular weight is 819 g/mol. The molecule has 57 heavy (non-hydrogen) atoms. The number of sulfone groups is 2. The molecule has 0 fully saturated rings. The van der Waals surface area contributed by atoms with E-state index in [1.165, 1.54) is 0 Å². The Kier molecular flexibility index (Phi) is 12.7. The van der Waals surface area contributed by atoms with Crippen molar-refractivity contribution in [2.24, 2.45) is 10.8 Å². The highest BCUT2D eigenvalue weighted by Crippen LogP contribution is 2.51. The van der Waals surface area contributed by atoms with E-state index < -0.39 is 54.5 Å². The van der Waals surface area contributed by atoms with Crippen LogP contribution < -0.4 is 20.9 Å². The summed E-state index contributed by atoms with van der Waals surface area (Å²) in [6.07, 6.45) is 3.64. The number of aliphatic hydroxyl groups excluding tert-OH is 2. The Morgan fingerprint density at radius 3 is 1.30 bits per heavy atom. The Morgan fingerprint density at radius 1 is 0.596 bits per heavy atom. The molecule has 0 radical (unpaired) electrons. The SMILES string of the molecule is CCCC[C@@]1(CC)CS(=O)(=O)c2ccc(N)cc2[C@@H](c2ccc(OCOc3ccc([C@H]4c5cc(N)ccc5S(=O)(=O)C[C@@](CC)(CCCC)[C@H]4O)cc3)cc2)[C@H]1O. The molecule has 4 aromatic rings. The molecule has 12 heteroatoms. The van der Waals surface area contributed by atoms with E-state index in [0.29, 0.717) is 59.7 Å². The van der Waals surface area contributed by atoms with Crippen molar-refractivity contribution in [2.45, 2.75) is 113 Å². The minimum absolute atomic E-state index is 0.113. The Morgan fingerprint density at radius 2 is 0.965 bits per heavy atom. The van der Waals surface area contributed by atoms with Crippen LogP contribution in [0.4, 0.5) is 11.4 Å². The zero-order valence-electron chi connectivity index (χ0n) is 33.5. The highest BCUT2D eigenvalue weighted by molar-refractivity contribution is 7.91. The first kappa shape index (κ1) is 42.5. The van der Waals surface area contributed by atoms with E-state index in [1.54, 1.807) is 60.7 Å². The number of rotatable bonds is 14. The minimum Gasteiger partial charge on any atom is -0.458 e. The van der Waals surface area contributed by atoms with E-state index in [9.17, 15) is 27.0 Å². The zero-order chi connectivity index (χ0) is 41.2. The van der Waals surface area contributed by atoms with Gasteiger partial charge in [-0.05, 0) is 109 Å². The zero-order valence-corrected chi connectivity index (χ0v) is 35.1. The van der Waals surface area contributed by atoms with Crippen LogP contribution in [-0.2, 0) is 19.7 Å². The summed E-state index contributed by atoms with van der Waals surface area (Å²) in [5, 5.41) is 24.3. The van der Waals surface area contributed by atoms with Crippen molar-refractivity contribution in [1.29, 1.82) is 0 Å². The molecule has 6 rings (SSSR count). The molecule has 0 aliphatic carbocycles. The van der Waals surface area contributed by atoms with E-state index in [2.05, 4.69) is 13.8 Å². The Bertz CT molecular complexity index is 2090. The number of unbranched alkanes of at least 4 members (excludes halogenated alkanes) is 2. The molecule has 2 aliphatic rings. The van der Waals surface area contributed by atoms with Crippen LogP contribution in [0.25, 0.3) is 0 Å². The van der Waals surface area contributed by atoms with Gasteiger partial charge in [0.2, 0.25) is 6.79 Å². The molecule has 4 aromatic carbocycles. The summed E-state index contributed by atoms with van der Waals surface area (Å²) in [7, 11) is -7.42. The Hall–Kier alpha value is -4.10. The summed E-state index contributed by atoms with van der Waals surface area (Å²) in [4.78, 5) is 0.417. The molecule has 0 amide bonds. The van der Waals surface area contributed by atoms with Gasteiger partial charge in [-0.1, -0.05) is 77.6 Å². The van der Waals surface area contributed by atoms with E-state index in [0.717, 1.165) is 36.8 Å². The molecule has 0 saturated heterocycles. The molecule has 6 atom stereocenters. The van der Waals surface area contributed by atoms with Gasteiger partial charge in [0.1, 0.15) is 11.5 Å². The van der Waals surface area contributed by atoms with Crippen molar-refractivity contribution in [1.82, 2.24) is 0 Å². The summed E-state index contributed by atoms with van der Waals surface area (Å²) in [5.74, 6) is -0.460. The van der Waals surface area contributed by atoms with Crippen molar-refractivity contribution in [3.8, 4) is 11.5 Å². The van der Waals surface area contributed by atoms with Crippen LogP contribution in [0, 0.1) is 10.8 Å². The smallest absolute Gasteiger partial charge is 0.230 e. The predicted molar refractivity (Wildman–Crippen MR) is 225 cm³/mol. The van der Waals surface area contributed by atoms with Gasteiger partial charge < -0.3 is 31.2 Å². The second kappa shape index (κ2) is 17.0. The van der Waals surface area contributed by atoms with Crippen LogP contribution in [0.1, 0.15) is 113 Å². The number of nitrogen functional groups attached to an aromatic ring is 2. The molecule has 6 N–H and O–H groups in total. The highest BCUT2D eigenvalue weighted by atomic mass is 32.2. The number of fused-ring (bicyclic) bond motifs is 2. The Labute approximate surface area is 338 Å². The Balaban J connectivity index is 1.22. The van der Waals surface area contributed by atoms with Gasteiger partial charge in [-0.2, -0.15) is 0 Å². The summed E-state index contributed by atoms with van der Waals surface area (Å²) in [5.41, 5.74) is 14.1. The maximum atomic E-state index is 13.8. The summed E-state index contributed by atoms with van der Waals surface area (Å²) >= 11 is 0. The van der Waals surface area contributed by atoms with Crippen molar-refractivity contribution < 1.29 is 36.5 Å². The first-order chi connectivity index (χ1) is 27.1. The maximum Gasteiger partial charge on any atom is 0.230 e. The molecule has 0 spiro atoms. The van der Waals surface area contributed by atoms with E-state index >= 15 is 0 Å². The quantitative estimate of drug-likeness (QED) is 0.0720. The molecule has 10 nitrogen and oxygen atoms in total. The lowest BCUT2D eigenvalue weighted by Crippen LogP contribution is -2.42. The molecular weight excluding hydrogens is 761 g/mol. The van der Waals surface area contributed by atoms with Gasteiger partial charge in [0.15, 0.2) is 19.7 Å². The molecule has 0 aromatic heterocycles. The summed E-state index contributed by atoms with van der Waals surface area (Å²) in [6, 6.07) is 24.2. The minimum atomic E-state index is -3.71. The van der Waals surface area contributed by atoms with Gasteiger partial charge in [0, 0.05) is 34.0 Å².